The lowest BCUT2D eigenvalue weighted by Gasteiger charge is -2.25. The molecule has 0 heterocycles. The van der Waals surface area contributed by atoms with Crippen molar-refractivity contribution in [1.29, 1.82) is 0 Å². The Morgan fingerprint density at radius 3 is 1.76 bits per heavy atom. The molecular formula is C22H38BrNO. The number of aliphatic hydroxyl groups is 1. The summed E-state index contributed by atoms with van der Waals surface area (Å²) in [7, 11) is 0. The SMILES string of the molecule is CCCCCCCN(CCCCCCC)C[C@@H](O)c1ccc(Br)cc1. The number of hydrogen-bond donors (Lipinski definition) is 1. The molecule has 3 heteroatoms. The van der Waals surface area contributed by atoms with Gasteiger partial charge in [0.05, 0.1) is 6.10 Å². The fourth-order valence-electron chi connectivity index (χ4n) is 3.21. The van der Waals surface area contributed by atoms with Crippen molar-refractivity contribution in [3.63, 3.8) is 0 Å². The summed E-state index contributed by atoms with van der Waals surface area (Å²) in [4.78, 5) is 2.48. The smallest absolute Gasteiger partial charge is 0.0916 e. The Morgan fingerprint density at radius 2 is 1.28 bits per heavy atom. The minimum Gasteiger partial charge on any atom is -0.387 e. The zero-order valence-electron chi connectivity index (χ0n) is 16.4. The van der Waals surface area contributed by atoms with E-state index in [9.17, 15) is 5.11 Å². The van der Waals surface area contributed by atoms with Gasteiger partial charge >= 0.3 is 0 Å². The predicted octanol–water partition coefficient (Wildman–Crippen LogP) is 6.73. The molecule has 0 aromatic heterocycles. The van der Waals surface area contributed by atoms with Crippen molar-refractivity contribution in [2.45, 2.75) is 84.2 Å². The van der Waals surface area contributed by atoms with Crippen LogP contribution in [0.25, 0.3) is 0 Å². The highest BCUT2D eigenvalue weighted by molar-refractivity contribution is 9.10. The predicted molar refractivity (Wildman–Crippen MR) is 113 cm³/mol. The number of halogens is 1. The molecule has 2 nitrogen and oxygen atoms in total. The second-order valence-corrected chi connectivity index (χ2v) is 8.11. The van der Waals surface area contributed by atoms with Crippen molar-refractivity contribution in [2.24, 2.45) is 0 Å². The number of unbranched alkanes of at least 4 members (excludes halogenated alkanes) is 8. The Balaban J connectivity index is 2.42. The van der Waals surface area contributed by atoms with Gasteiger partial charge in [0.25, 0.3) is 0 Å². The van der Waals surface area contributed by atoms with E-state index in [1.54, 1.807) is 0 Å². The fourth-order valence-corrected chi connectivity index (χ4v) is 3.47. The lowest BCUT2D eigenvalue weighted by atomic mass is 10.1. The van der Waals surface area contributed by atoms with E-state index < -0.39 is 0 Å². The molecule has 0 unspecified atom stereocenters. The van der Waals surface area contributed by atoms with Crippen LogP contribution in [-0.2, 0) is 0 Å². The molecule has 1 atom stereocenters. The molecule has 0 saturated heterocycles. The van der Waals surface area contributed by atoms with E-state index in [0.29, 0.717) is 0 Å². The first-order valence-corrected chi connectivity index (χ1v) is 11.1. The van der Waals surface area contributed by atoms with E-state index in [0.717, 1.165) is 29.7 Å². The Kier molecular flexibility index (Phi) is 13.4. The third-order valence-electron chi connectivity index (χ3n) is 4.84. The van der Waals surface area contributed by atoms with Crippen LogP contribution in [-0.4, -0.2) is 29.6 Å². The van der Waals surface area contributed by atoms with Gasteiger partial charge in [-0.3, -0.25) is 0 Å². The van der Waals surface area contributed by atoms with Crippen LogP contribution in [0.2, 0.25) is 0 Å². The maximum absolute atomic E-state index is 10.6. The van der Waals surface area contributed by atoms with Gasteiger partial charge in [0.1, 0.15) is 0 Å². The van der Waals surface area contributed by atoms with Crippen LogP contribution in [0, 0.1) is 0 Å². The summed E-state index contributed by atoms with van der Waals surface area (Å²) in [6, 6.07) is 8.07. The van der Waals surface area contributed by atoms with Crippen LogP contribution in [0.1, 0.15) is 89.7 Å². The molecule has 0 amide bonds. The summed E-state index contributed by atoms with van der Waals surface area (Å²) in [6.45, 7) is 7.51. The van der Waals surface area contributed by atoms with Crippen molar-refractivity contribution >= 4 is 15.9 Å². The molecule has 0 aliphatic carbocycles. The van der Waals surface area contributed by atoms with Crippen LogP contribution < -0.4 is 0 Å². The molecule has 1 aromatic rings. The number of rotatable bonds is 15. The Bertz CT molecular complexity index is 407. The van der Waals surface area contributed by atoms with Crippen molar-refractivity contribution in [1.82, 2.24) is 4.90 Å². The second kappa shape index (κ2) is 14.8. The Morgan fingerprint density at radius 1 is 0.800 bits per heavy atom. The maximum atomic E-state index is 10.6. The highest BCUT2D eigenvalue weighted by Crippen LogP contribution is 2.19. The van der Waals surface area contributed by atoms with E-state index in [2.05, 4.69) is 34.7 Å². The molecule has 0 bridgehead atoms. The molecule has 144 valence electrons. The third-order valence-corrected chi connectivity index (χ3v) is 5.37. The van der Waals surface area contributed by atoms with E-state index in [4.69, 9.17) is 0 Å². The van der Waals surface area contributed by atoms with Crippen molar-refractivity contribution < 1.29 is 5.11 Å². The number of aliphatic hydroxyl groups excluding tert-OH is 1. The first-order valence-electron chi connectivity index (χ1n) is 10.3. The molecule has 1 rings (SSSR count). The maximum Gasteiger partial charge on any atom is 0.0916 e. The Hall–Kier alpha value is -0.380. The molecule has 0 saturated carbocycles. The summed E-state index contributed by atoms with van der Waals surface area (Å²) in [5, 5.41) is 10.6. The number of benzene rings is 1. The summed E-state index contributed by atoms with van der Waals surface area (Å²) < 4.78 is 1.06. The average molecular weight is 412 g/mol. The highest BCUT2D eigenvalue weighted by atomic mass is 79.9. The second-order valence-electron chi connectivity index (χ2n) is 7.20. The third kappa shape index (κ3) is 11.0. The number of hydrogen-bond acceptors (Lipinski definition) is 2. The van der Waals surface area contributed by atoms with Gasteiger partial charge in [-0.1, -0.05) is 93.3 Å². The van der Waals surface area contributed by atoms with Gasteiger partial charge in [0.15, 0.2) is 0 Å². The molecule has 0 aliphatic heterocycles. The van der Waals surface area contributed by atoms with Gasteiger partial charge in [-0.15, -0.1) is 0 Å². The van der Waals surface area contributed by atoms with Gasteiger partial charge < -0.3 is 10.0 Å². The van der Waals surface area contributed by atoms with Crippen molar-refractivity contribution in [3.8, 4) is 0 Å². The number of nitrogens with zero attached hydrogens (tertiary/aromatic N) is 1. The monoisotopic (exact) mass is 411 g/mol. The summed E-state index contributed by atoms with van der Waals surface area (Å²) in [5.41, 5.74) is 1.02. The van der Waals surface area contributed by atoms with E-state index in [1.165, 1.54) is 64.2 Å². The van der Waals surface area contributed by atoms with Gasteiger partial charge in [0, 0.05) is 11.0 Å². The largest absolute Gasteiger partial charge is 0.387 e. The molecule has 0 spiro atoms. The standard InChI is InChI=1S/C22H38BrNO/c1-3-5-7-9-11-17-24(18-12-10-8-6-4-2)19-22(25)20-13-15-21(23)16-14-20/h13-16,22,25H,3-12,17-19H2,1-2H3/t22-/m1/s1. The summed E-state index contributed by atoms with van der Waals surface area (Å²) >= 11 is 3.46. The van der Waals surface area contributed by atoms with Gasteiger partial charge in [-0.05, 0) is 43.6 Å². The van der Waals surface area contributed by atoms with Gasteiger partial charge in [-0.25, -0.2) is 0 Å². The van der Waals surface area contributed by atoms with Crippen LogP contribution in [0.15, 0.2) is 28.7 Å². The lowest BCUT2D eigenvalue weighted by Crippen LogP contribution is -2.31. The van der Waals surface area contributed by atoms with Crippen LogP contribution in [0.4, 0.5) is 0 Å². The molecule has 0 radical (unpaired) electrons. The van der Waals surface area contributed by atoms with Crippen molar-refractivity contribution in [3.05, 3.63) is 34.3 Å². The minimum atomic E-state index is -0.389. The zero-order chi connectivity index (χ0) is 18.3. The quantitative estimate of drug-likeness (QED) is 0.323. The van der Waals surface area contributed by atoms with Crippen molar-refractivity contribution in [2.75, 3.05) is 19.6 Å². The van der Waals surface area contributed by atoms with E-state index in [-0.39, 0.29) is 6.10 Å². The van der Waals surface area contributed by atoms with Crippen LogP contribution >= 0.6 is 15.9 Å². The molecular weight excluding hydrogens is 374 g/mol. The van der Waals surface area contributed by atoms with Gasteiger partial charge in [0.2, 0.25) is 0 Å². The first-order chi connectivity index (χ1) is 12.2. The summed E-state index contributed by atoms with van der Waals surface area (Å²) in [5.74, 6) is 0. The van der Waals surface area contributed by atoms with Crippen LogP contribution in [0.5, 0.6) is 0 Å². The zero-order valence-corrected chi connectivity index (χ0v) is 17.9. The minimum absolute atomic E-state index is 0.389. The molecule has 25 heavy (non-hydrogen) atoms. The first kappa shape index (κ1) is 22.7. The summed E-state index contributed by atoms with van der Waals surface area (Å²) in [6.07, 6.45) is 12.7. The Labute approximate surface area is 164 Å². The van der Waals surface area contributed by atoms with Gasteiger partial charge in [-0.2, -0.15) is 0 Å². The molecule has 1 N–H and O–H groups in total. The molecule has 1 aromatic carbocycles. The lowest BCUT2D eigenvalue weighted by molar-refractivity contribution is 0.110. The van der Waals surface area contributed by atoms with Crippen LogP contribution in [0.3, 0.4) is 0 Å². The van der Waals surface area contributed by atoms with E-state index in [1.807, 2.05) is 24.3 Å². The average Bonchev–Trinajstić information content (AvgIpc) is 2.61. The van der Waals surface area contributed by atoms with E-state index >= 15 is 0 Å². The topological polar surface area (TPSA) is 23.5 Å². The fraction of sp³-hybridized carbons (Fsp3) is 0.727. The highest BCUT2D eigenvalue weighted by Gasteiger charge is 2.13. The normalized spacial score (nSPS) is 12.7. The molecule has 0 aliphatic rings. The molecule has 0 fully saturated rings.